The van der Waals surface area contributed by atoms with Crippen LogP contribution in [0.2, 0.25) is 0 Å². The first-order valence-electron chi connectivity index (χ1n) is 7.45. The number of nitrogens with zero attached hydrogens (tertiary/aromatic N) is 5. The molecule has 0 amide bonds. The molecule has 1 aromatic carbocycles. The maximum absolute atomic E-state index is 13.1. The van der Waals surface area contributed by atoms with E-state index in [1.54, 1.807) is 23.0 Å². The zero-order chi connectivity index (χ0) is 15.1. The van der Waals surface area contributed by atoms with E-state index in [1.807, 2.05) is 6.92 Å². The molecule has 0 N–H and O–H groups in total. The van der Waals surface area contributed by atoms with E-state index in [0.29, 0.717) is 0 Å². The third kappa shape index (κ3) is 2.11. The van der Waals surface area contributed by atoms with Crippen LogP contribution in [0.5, 0.6) is 0 Å². The molecule has 5 nitrogen and oxygen atoms in total. The maximum atomic E-state index is 13.1. The first kappa shape index (κ1) is 13.2. The van der Waals surface area contributed by atoms with Crippen molar-refractivity contribution in [3.05, 3.63) is 42.1 Å². The summed E-state index contributed by atoms with van der Waals surface area (Å²) in [5, 5.41) is 5.37. The number of aromatic nitrogens is 4. The molecule has 0 atom stereocenters. The Kier molecular flexibility index (Phi) is 3.03. The third-order valence-corrected chi connectivity index (χ3v) is 4.00. The van der Waals surface area contributed by atoms with E-state index in [1.165, 1.54) is 25.0 Å². The summed E-state index contributed by atoms with van der Waals surface area (Å²) in [5.74, 6) is 1.41. The molecule has 3 aromatic rings. The largest absolute Gasteiger partial charge is 0.356 e. The summed E-state index contributed by atoms with van der Waals surface area (Å²) < 4.78 is 14.9. The number of hydrogen-bond donors (Lipinski definition) is 0. The van der Waals surface area contributed by atoms with E-state index in [0.717, 1.165) is 41.5 Å². The zero-order valence-electron chi connectivity index (χ0n) is 12.3. The van der Waals surface area contributed by atoms with Crippen LogP contribution in [0.3, 0.4) is 0 Å². The van der Waals surface area contributed by atoms with Crippen LogP contribution in [0.4, 0.5) is 10.2 Å². The monoisotopic (exact) mass is 297 g/mol. The van der Waals surface area contributed by atoms with Gasteiger partial charge >= 0.3 is 0 Å². The highest BCUT2D eigenvalue weighted by molar-refractivity contribution is 5.88. The van der Waals surface area contributed by atoms with E-state index in [2.05, 4.69) is 20.0 Å². The molecule has 0 spiro atoms. The van der Waals surface area contributed by atoms with E-state index in [9.17, 15) is 4.39 Å². The molecule has 0 radical (unpaired) electrons. The Morgan fingerprint density at radius 3 is 2.50 bits per heavy atom. The van der Waals surface area contributed by atoms with E-state index >= 15 is 0 Å². The lowest BCUT2D eigenvalue weighted by Crippen LogP contribution is -2.20. The predicted molar refractivity (Wildman–Crippen MR) is 82.8 cm³/mol. The highest BCUT2D eigenvalue weighted by Crippen LogP contribution is 2.28. The van der Waals surface area contributed by atoms with Crippen molar-refractivity contribution in [1.82, 2.24) is 19.7 Å². The summed E-state index contributed by atoms with van der Waals surface area (Å²) in [7, 11) is 0. The van der Waals surface area contributed by atoms with Crippen LogP contribution >= 0.6 is 0 Å². The molecular formula is C16H16FN5. The first-order chi connectivity index (χ1) is 10.7. The van der Waals surface area contributed by atoms with Gasteiger partial charge in [0.15, 0.2) is 5.65 Å². The van der Waals surface area contributed by atoms with Gasteiger partial charge in [-0.15, -0.1) is 0 Å². The molecule has 0 saturated carbocycles. The molecule has 4 rings (SSSR count). The van der Waals surface area contributed by atoms with E-state index in [4.69, 9.17) is 0 Å². The Hall–Kier alpha value is -2.50. The van der Waals surface area contributed by atoms with Crippen LogP contribution in [0.25, 0.3) is 16.7 Å². The smallest absolute Gasteiger partial charge is 0.168 e. The predicted octanol–water partition coefficient (Wildman–Crippen LogP) is 2.86. The molecule has 0 bridgehead atoms. The number of benzene rings is 1. The molecule has 0 unspecified atom stereocenters. The van der Waals surface area contributed by atoms with Gasteiger partial charge in [0.1, 0.15) is 17.5 Å². The number of aryl methyl sites for hydroxylation is 1. The molecule has 1 saturated heterocycles. The van der Waals surface area contributed by atoms with Crippen LogP contribution < -0.4 is 4.90 Å². The van der Waals surface area contributed by atoms with Gasteiger partial charge in [0.2, 0.25) is 0 Å². The fourth-order valence-electron chi connectivity index (χ4n) is 2.94. The molecule has 3 heterocycles. The molecule has 22 heavy (non-hydrogen) atoms. The highest BCUT2D eigenvalue weighted by Gasteiger charge is 2.20. The number of fused-ring (bicyclic) bond motifs is 1. The van der Waals surface area contributed by atoms with Gasteiger partial charge in [-0.05, 0) is 44.0 Å². The molecule has 1 aliphatic rings. The lowest BCUT2D eigenvalue weighted by Gasteiger charge is -2.17. The minimum atomic E-state index is -0.260. The van der Waals surface area contributed by atoms with E-state index < -0.39 is 0 Å². The number of anilines is 1. The van der Waals surface area contributed by atoms with Crippen molar-refractivity contribution in [3.63, 3.8) is 0 Å². The van der Waals surface area contributed by atoms with E-state index in [-0.39, 0.29) is 5.82 Å². The minimum Gasteiger partial charge on any atom is -0.356 e. The average molecular weight is 297 g/mol. The Morgan fingerprint density at radius 1 is 1.05 bits per heavy atom. The van der Waals surface area contributed by atoms with Gasteiger partial charge in [0.05, 0.1) is 17.3 Å². The van der Waals surface area contributed by atoms with Crippen molar-refractivity contribution in [2.45, 2.75) is 19.8 Å². The topological polar surface area (TPSA) is 46.8 Å². The van der Waals surface area contributed by atoms with Crippen molar-refractivity contribution in [2.75, 3.05) is 18.0 Å². The molecule has 1 aliphatic heterocycles. The third-order valence-electron chi connectivity index (χ3n) is 4.00. The molecule has 1 fully saturated rings. The number of rotatable bonds is 2. The van der Waals surface area contributed by atoms with Crippen molar-refractivity contribution in [3.8, 4) is 5.69 Å². The van der Waals surface area contributed by atoms with Crippen LogP contribution in [0.15, 0.2) is 30.5 Å². The zero-order valence-corrected chi connectivity index (χ0v) is 12.3. The van der Waals surface area contributed by atoms with Gasteiger partial charge in [0, 0.05) is 13.1 Å². The Morgan fingerprint density at radius 2 is 1.77 bits per heavy atom. The first-order valence-corrected chi connectivity index (χ1v) is 7.45. The van der Waals surface area contributed by atoms with Gasteiger partial charge in [-0.1, -0.05) is 0 Å². The second-order valence-electron chi connectivity index (χ2n) is 5.56. The Bertz CT molecular complexity index is 818. The van der Waals surface area contributed by atoms with Gasteiger partial charge in [-0.25, -0.2) is 19.0 Å². The standard InChI is InChI=1S/C16H16FN5/c1-11-19-15(21-8-2-3-9-21)14-10-18-22(16(14)20-11)13-6-4-12(17)5-7-13/h4-7,10H,2-3,8-9H2,1H3. The number of halogens is 1. The van der Waals surface area contributed by atoms with Crippen LogP contribution in [0, 0.1) is 12.7 Å². The van der Waals surface area contributed by atoms with Gasteiger partial charge in [0.25, 0.3) is 0 Å². The molecule has 2 aromatic heterocycles. The fourth-order valence-corrected chi connectivity index (χ4v) is 2.94. The molecule has 6 heteroatoms. The maximum Gasteiger partial charge on any atom is 0.168 e. The molecular weight excluding hydrogens is 281 g/mol. The van der Waals surface area contributed by atoms with Crippen molar-refractivity contribution in [1.29, 1.82) is 0 Å². The van der Waals surface area contributed by atoms with Gasteiger partial charge < -0.3 is 4.90 Å². The highest BCUT2D eigenvalue weighted by atomic mass is 19.1. The lowest BCUT2D eigenvalue weighted by molar-refractivity contribution is 0.627. The lowest BCUT2D eigenvalue weighted by atomic mass is 10.3. The Balaban J connectivity index is 1.89. The summed E-state index contributed by atoms with van der Waals surface area (Å²) in [6, 6.07) is 6.26. The van der Waals surface area contributed by atoms with Gasteiger partial charge in [-0.3, -0.25) is 0 Å². The summed E-state index contributed by atoms with van der Waals surface area (Å²) in [5.41, 5.74) is 1.56. The van der Waals surface area contributed by atoms with Crippen molar-refractivity contribution < 1.29 is 4.39 Å². The SMILES string of the molecule is Cc1nc(N2CCCC2)c2cnn(-c3ccc(F)cc3)c2n1. The normalized spacial score (nSPS) is 14.9. The second-order valence-corrected chi connectivity index (χ2v) is 5.56. The van der Waals surface area contributed by atoms with Crippen LogP contribution in [-0.2, 0) is 0 Å². The van der Waals surface area contributed by atoms with Gasteiger partial charge in [-0.2, -0.15) is 5.10 Å². The fraction of sp³-hybridized carbons (Fsp3) is 0.312. The molecule has 112 valence electrons. The summed E-state index contributed by atoms with van der Waals surface area (Å²) >= 11 is 0. The summed E-state index contributed by atoms with van der Waals surface area (Å²) in [4.78, 5) is 11.4. The van der Waals surface area contributed by atoms with Crippen molar-refractivity contribution in [2.24, 2.45) is 0 Å². The van der Waals surface area contributed by atoms with Crippen LogP contribution in [0.1, 0.15) is 18.7 Å². The molecule has 0 aliphatic carbocycles. The quantitative estimate of drug-likeness (QED) is 0.729. The Labute approximate surface area is 127 Å². The number of hydrogen-bond acceptors (Lipinski definition) is 4. The average Bonchev–Trinajstić information content (AvgIpc) is 3.16. The summed E-state index contributed by atoms with van der Waals surface area (Å²) in [6.45, 7) is 3.93. The van der Waals surface area contributed by atoms with Crippen molar-refractivity contribution >= 4 is 16.9 Å². The summed E-state index contributed by atoms with van der Waals surface area (Å²) in [6.07, 6.45) is 4.18. The minimum absolute atomic E-state index is 0.260. The van der Waals surface area contributed by atoms with Crippen LogP contribution in [-0.4, -0.2) is 32.8 Å². The second kappa shape index (κ2) is 5.05.